The summed E-state index contributed by atoms with van der Waals surface area (Å²) in [5, 5.41) is 12.1. The van der Waals surface area contributed by atoms with Gasteiger partial charge in [0.1, 0.15) is 12.6 Å². The highest BCUT2D eigenvalue weighted by atomic mass is 16.5. The Morgan fingerprint density at radius 2 is 1.56 bits per heavy atom. The van der Waals surface area contributed by atoms with E-state index in [1.54, 1.807) is 0 Å². The van der Waals surface area contributed by atoms with Gasteiger partial charge in [-0.1, -0.05) is 66.7 Å². The van der Waals surface area contributed by atoms with Crippen LogP contribution in [-0.2, 0) is 16.0 Å². The zero-order valence-corrected chi connectivity index (χ0v) is 18.3. The van der Waals surface area contributed by atoms with Crippen molar-refractivity contribution in [1.82, 2.24) is 5.32 Å². The van der Waals surface area contributed by atoms with Gasteiger partial charge in [0.15, 0.2) is 0 Å². The molecule has 5 nitrogen and oxygen atoms in total. The van der Waals surface area contributed by atoms with Crippen LogP contribution in [0.25, 0.3) is 11.1 Å². The van der Waals surface area contributed by atoms with Crippen molar-refractivity contribution in [3.63, 3.8) is 0 Å². The number of aliphatic carboxylic acids is 1. The molecule has 5 heteroatoms. The number of benzene rings is 3. The Labute approximate surface area is 188 Å². The second-order valence-electron chi connectivity index (χ2n) is 8.26. The smallest absolute Gasteiger partial charge is 0.407 e. The summed E-state index contributed by atoms with van der Waals surface area (Å²) in [6, 6.07) is 21.2. The first-order valence-corrected chi connectivity index (χ1v) is 10.8. The number of carbonyl (C=O) groups is 2. The number of alkyl carbamates (subject to hydrolysis) is 1. The molecular weight excluding hydrogens is 402 g/mol. The first kappa shape index (κ1) is 21.6. The zero-order valence-electron chi connectivity index (χ0n) is 18.3. The van der Waals surface area contributed by atoms with E-state index in [1.807, 2.05) is 68.4 Å². The van der Waals surface area contributed by atoms with Gasteiger partial charge in [0.25, 0.3) is 0 Å². The van der Waals surface area contributed by atoms with E-state index >= 15 is 0 Å². The quantitative estimate of drug-likeness (QED) is 0.539. The normalized spacial score (nSPS) is 13.2. The molecule has 1 atom stereocenters. The van der Waals surface area contributed by atoms with E-state index in [4.69, 9.17) is 4.74 Å². The maximum atomic E-state index is 12.5. The second kappa shape index (κ2) is 9.27. The third kappa shape index (κ3) is 4.37. The van der Waals surface area contributed by atoms with Gasteiger partial charge >= 0.3 is 12.1 Å². The van der Waals surface area contributed by atoms with Crippen molar-refractivity contribution < 1.29 is 19.4 Å². The van der Waals surface area contributed by atoms with Crippen molar-refractivity contribution in [2.24, 2.45) is 0 Å². The number of amides is 1. The summed E-state index contributed by atoms with van der Waals surface area (Å²) in [5.41, 5.74) is 7.93. The fourth-order valence-electron chi connectivity index (χ4n) is 4.42. The van der Waals surface area contributed by atoms with E-state index in [0.29, 0.717) is 12.8 Å². The molecular formula is C27H27NO4. The summed E-state index contributed by atoms with van der Waals surface area (Å²) in [6.07, 6.45) is 0.151. The van der Waals surface area contributed by atoms with Gasteiger partial charge in [-0.15, -0.1) is 0 Å². The molecule has 0 saturated carbocycles. The summed E-state index contributed by atoms with van der Waals surface area (Å²) in [6.45, 7) is 4.21. The van der Waals surface area contributed by atoms with Crippen molar-refractivity contribution in [2.75, 3.05) is 6.61 Å². The van der Waals surface area contributed by atoms with Crippen LogP contribution in [0.1, 0.15) is 40.2 Å². The summed E-state index contributed by atoms with van der Waals surface area (Å²) in [5.74, 6) is -1.13. The molecule has 0 aliphatic heterocycles. The lowest BCUT2D eigenvalue weighted by Gasteiger charge is -2.18. The molecule has 0 radical (unpaired) electrons. The van der Waals surface area contributed by atoms with Gasteiger partial charge in [-0.25, -0.2) is 9.59 Å². The fourth-order valence-corrected chi connectivity index (χ4v) is 4.42. The highest BCUT2D eigenvalue weighted by Crippen LogP contribution is 2.44. The first-order valence-electron chi connectivity index (χ1n) is 10.8. The van der Waals surface area contributed by atoms with Gasteiger partial charge in [-0.3, -0.25) is 0 Å². The molecule has 3 aromatic carbocycles. The lowest BCUT2D eigenvalue weighted by Crippen LogP contribution is -2.41. The Morgan fingerprint density at radius 3 is 2.19 bits per heavy atom. The minimum absolute atomic E-state index is 0.0635. The van der Waals surface area contributed by atoms with Gasteiger partial charge < -0.3 is 15.2 Å². The van der Waals surface area contributed by atoms with Gasteiger partial charge in [0, 0.05) is 5.92 Å². The Balaban J connectivity index is 1.39. The number of carbonyl (C=O) groups excluding carboxylic acids is 1. The van der Waals surface area contributed by atoms with Crippen LogP contribution >= 0.6 is 0 Å². The molecule has 0 aromatic heterocycles. The SMILES string of the molecule is Cc1cccc(CC[C@@H](NC(=O)OCC2c3ccccc3-c3ccccc32)C(=O)O)c1C. The summed E-state index contributed by atoms with van der Waals surface area (Å²) >= 11 is 0. The fraction of sp³-hybridized carbons (Fsp3) is 0.259. The van der Waals surface area contributed by atoms with Crippen molar-refractivity contribution in [3.8, 4) is 11.1 Å². The van der Waals surface area contributed by atoms with Crippen LogP contribution in [0.5, 0.6) is 0 Å². The topological polar surface area (TPSA) is 75.6 Å². The summed E-state index contributed by atoms with van der Waals surface area (Å²) in [4.78, 5) is 24.2. The molecule has 0 unspecified atom stereocenters. The van der Waals surface area contributed by atoms with Crippen molar-refractivity contribution in [1.29, 1.82) is 0 Å². The molecule has 0 fully saturated rings. The van der Waals surface area contributed by atoms with E-state index in [2.05, 4.69) is 17.4 Å². The molecule has 0 saturated heterocycles. The molecule has 4 rings (SSSR count). The maximum Gasteiger partial charge on any atom is 0.407 e. The summed E-state index contributed by atoms with van der Waals surface area (Å²) < 4.78 is 5.50. The minimum Gasteiger partial charge on any atom is -0.480 e. The lowest BCUT2D eigenvalue weighted by molar-refractivity contribution is -0.139. The Morgan fingerprint density at radius 1 is 0.938 bits per heavy atom. The van der Waals surface area contributed by atoms with Gasteiger partial charge in [0.05, 0.1) is 0 Å². The molecule has 32 heavy (non-hydrogen) atoms. The van der Waals surface area contributed by atoms with Crippen LogP contribution < -0.4 is 5.32 Å². The highest BCUT2D eigenvalue weighted by molar-refractivity contribution is 5.81. The number of aryl methyl sites for hydroxylation is 2. The monoisotopic (exact) mass is 429 g/mol. The van der Waals surface area contributed by atoms with Crippen LogP contribution in [0.15, 0.2) is 66.7 Å². The van der Waals surface area contributed by atoms with E-state index in [0.717, 1.165) is 33.4 Å². The van der Waals surface area contributed by atoms with Crippen LogP contribution in [0.4, 0.5) is 4.79 Å². The number of fused-ring (bicyclic) bond motifs is 3. The molecule has 164 valence electrons. The van der Waals surface area contributed by atoms with Gasteiger partial charge in [0.2, 0.25) is 0 Å². The van der Waals surface area contributed by atoms with Gasteiger partial charge in [-0.05, 0) is 65.6 Å². The molecule has 0 heterocycles. The molecule has 0 spiro atoms. The van der Waals surface area contributed by atoms with Crippen LogP contribution in [-0.4, -0.2) is 29.8 Å². The van der Waals surface area contributed by atoms with E-state index in [1.165, 1.54) is 5.56 Å². The standard InChI is InChI=1S/C27H27NO4/c1-17-8-7-9-19(18(17)2)14-15-25(26(29)30)28-27(31)32-16-24-22-12-5-3-10-20(22)21-11-4-6-13-23(21)24/h3-13,24-25H,14-16H2,1-2H3,(H,28,31)(H,29,30)/t25-/m1/s1. The molecule has 1 aliphatic carbocycles. The van der Waals surface area contributed by atoms with Crippen LogP contribution in [0, 0.1) is 13.8 Å². The Bertz CT molecular complexity index is 1110. The average molecular weight is 430 g/mol. The third-order valence-electron chi connectivity index (χ3n) is 6.35. The number of ether oxygens (including phenoxy) is 1. The zero-order chi connectivity index (χ0) is 22.7. The molecule has 3 aromatic rings. The van der Waals surface area contributed by atoms with Crippen molar-refractivity contribution in [2.45, 2.75) is 38.6 Å². The van der Waals surface area contributed by atoms with Crippen LogP contribution in [0.2, 0.25) is 0 Å². The first-order chi connectivity index (χ1) is 15.5. The third-order valence-corrected chi connectivity index (χ3v) is 6.35. The van der Waals surface area contributed by atoms with E-state index in [-0.39, 0.29) is 12.5 Å². The minimum atomic E-state index is -1.07. The van der Waals surface area contributed by atoms with Crippen LogP contribution in [0.3, 0.4) is 0 Å². The lowest BCUT2D eigenvalue weighted by atomic mass is 9.98. The number of hydrogen-bond donors (Lipinski definition) is 2. The Kier molecular flexibility index (Phi) is 6.26. The molecule has 0 bridgehead atoms. The van der Waals surface area contributed by atoms with Crippen molar-refractivity contribution >= 4 is 12.1 Å². The molecule has 1 aliphatic rings. The maximum absolute atomic E-state index is 12.5. The molecule has 2 N–H and O–H groups in total. The number of carboxylic acids is 1. The number of nitrogens with one attached hydrogen (secondary N) is 1. The second-order valence-corrected chi connectivity index (χ2v) is 8.26. The highest BCUT2D eigenvalue weighted by Gasteiger charge is 2.29. The largest absolute Gasteiger partial charge is 0.480 e. The van der Waals surface area contributed by atoms with Crippen molar-refractivity contribution in [3.05, 3.63) is 94.5 Å². The van der Waals surface area contributed by atoms with Gasteiger partial charge in [-0.2, -0.15) is 0 Å². The predicted molar refractivity (Wildman–Crippen MR) is 124 cm³/mol. The predicted octanol–water partition coefficient (Wildman–Crippen LogP) is 5.23. The van der Waals surface area contributed by atoms with E-state index < -0.39 is 18.1 Å². The number of hydrogen-bond acceptors (Lipinski definition) is 3. The summed E-state index contributed by atoms with van der Waals surface area (Å²) in [7, 11) is 0. The molecule has 1 amide bonds. The number of rotatable bonds is 7. The average Bonchev–Trinajstić information content (AvgIpc) is 3.11. The van der Waals surface area contributed by atoms with E-state index in [9.17, 15) is 14.7 Å². The number of carboxylic acid groups (broad SMARTS) is 1. The Hall–Kier alpha value is -3.60.